The molecule has 0 rings (SSSR count). The maximum absolute atomic E-state index is 7.71. The van der Waals surface area contributed by atoms with Crippen molar-refractivity contribution in [2.45, 2.75) is 19.6 Å². The molecular weight excluding hydrogens is 148 g/mol. The minimum Gasteiger partial charge on any atom is -0.221 e. The molecule has 0 saturated carbocycles. The highest BCUT2D eigenvalue weighted by Gasteiger charge is 2.08. The van der Waals surface area contributed by atoms with Crippen LogP contribution in [0.15, 0.2) is 0 Å². The molecule has 0 aliphatic rings. The number of hydrogen-bond acceptors (Lipinski definition) is 7. The Labute approximate surface area is 56.3 Å². The highest BCUT2D eigenvalue weighted by molar-refractivity contribution is 4.27. The van der Waals surface area contributed by atoms with Crippen LogP contribution in [0.5, 0.6) is 0 Å². The molecular formula is C3H8O7. The van der Waals surface area contributed by atoms with E-state index in [0.29, 0.717) is 6.42 Å². The van der Waals surface area contributed by atoms with Crippen molar-refractivity contribution in [2.75, 3.05) is 0 Å². The molecule has 0 aliphatic carbocycles. The van der Waals surface area contributed by atoms with Crippen molar-refractivity contribution in [2.24, 2.45) is 0 Å². The molecule has 0 aliphatic heterocycles. The van der Waals surface area contributed by atoms with Gasteiger partial charge in [-0.25, -0.2) is 10.5 Å². The Morgan fingerprint density at radius 3 is 2.30 bits per heavy atom. The molecule has 0 saturated heterocycles. The lowest BCUT2D eigenvalue weighted by Crippen LogP contribution is -2.15. The quantitative estimate of drug-likeness (QED) is 0.329. The monoisotopic (exact) mass is 156 g/mol. The fourth-order valence-corrected chi connectivity index (χ4v) is 0.262. The van der Waals surface area contributed by atoms with Crippen molar-refractivity contribution in [3.63, 3.8) is 0 Å². The molecule has 1 atom stereocenters. The SMILES string of the molecule is CCC(OOO)OOOO. The standard InChI is InChI=1S/C3H8O7/c1-2-3(6-8-4)7-10-9-5/h3-5H,2H2,1H3. The van der Waals surface area contributed by atoms with E-state index in [2.05, 4.69) is 24.9 Å². The third kappa shape index (κ3) is 4.58. The topological polar surface area (TPSA) is 86.6 Å². The molecule has 0 fully saturated rings. The summed E-state index contributed by atoms with van der Waals surface area (Å²) < 4.78 is 0. The van der Waals surface area contributed by atoms with Crippen molar-refractivity contribution in [3.8, 4) is 0 Å². The summed E-state index contributed by atoms with van der Waals surface area (Å²) in [5.41, 5.74) is 0. The van der Waals surface area contributed by atoms with Gasteiger partial charge < -0.3 is 0 Å². The van der Waals surface area contributed by atoms with Gasteiger partial charge in [0.05, 0.1) is 0 Å². The van der Waals surface area contributed by atoms with E-state index in [9.17, 15) is 0 Å². The van der Waals surface area contributed by atoms with E-state index < -0.39 is 6.29 Å². The average Bonchev–Trinajstić information content (AvgIpc) is 1.98. The van der Waals surface area contributed by atoms with Crippen LogP contribution in [0.4, 0.5) is 0 Å². The first-order valence-corrected chi connectivity index (χ1v) is 2.45. The molecule has 1 unspecified atom stereocenters. The number of hydrogen-bond donors (Lipinski definition) is 2. The van der Waals surface area contributed by atoms with Crippen molar-refractivity contribution < 1.29 is 35.4 Å². The van der Waals surface area contributed by atoms with Crippen molar-refractivity contribution >= 4 is 0 Å². The van der Waals surface area contributed by atoms with Crippen molar-refractivity contribution in [3.05, 3.63) is 0 Å². The summed E-state index contributed by atoms with van der Waals surface area (Å²) in [6.45, 7) is 1.66. The molecule has 7 heteroatoms. The van der Waals surface area contributed by atoms with Gasteiger partial charge in [-0.15, -0.1) is 0 Å². The molecule has 7 nitrogen and oxygen atoms in total. The fraction of sp³-hybridized carbons (Fsp3) is 1.00. The third-order valence-corrected chi connectivity index (χ3v) is 0.661. The van der Waals surface area contributed by atoms with E-state index in [1.165, 1.54) is 0 Å². The lowest BCUT2D eigenvalue weighted by molar-refractivity contribution is -0.666. The van der Waals surface area contributed by atoms with Gasteiger partial charge in [-0.05, 0) is 10.1 Å². The van der Waals surface area contributed by atoms with Crippen molar-refractivity contribution in [1.82, 2.24) is 0 Å². The zero-order chi connectivity index (χ0) is 7.82. The van der Waals surface area contributed by atoms with Gasteiger partial charge in [-0.3, -0.25) is 0 Å². The summed E-state index contributed by atoms with van der Waals surface area (Å²) in [6, 6.07) is 0. The number of rotatable bonds is 6. The van der Waals surface area contributed by atoms with Gasteiger partial charge in [0.15, 0.2) is 0 Å². The second-order valence-corrected chi connectivity index (χ2v) is 1.25. The first kappa shape index (κ1) is 9.72. The summed E-state index contributed by atoms with van der Waals surface area (Å²) in [7, 11) is 0. The van der Waals surface area contributed by atoms with Crippen LogP contribution in [-0.2, 0) is 24.9 Å². The highest BCUT2D eigenvalue weighted by Crippen LogP contribution is 1.99. The minimum atomic E-state index is -0.961. The molecule has 0 radical (unpaired) electrons. The molecule has 0 aromatic heterocycles. The van der Waals surface area contributed by atoms with E-state index in [0.717, 1.165) is 0 Å². The molecule has 0 aromatic carbocycles. The smallest absolute Gasteiger partial charge is 0.221 e. The lowest BCUT2D eigenvalue weighted by atomic mass is 10.5. The maximum atomic E-state index is 7.71. The molecule has 0 amide bonds. The molecule has 0 spiro atoms. The Morgan fingerprint density at radius 1 is 1.20 bits per heavy atom. The normalized spacial score (nSPS) is 13.5. The van der Waals surface area contributed by atoms with Gasteiger partial charge in [0.1, 0.15) is 0 Å². The molecule has 0 heterocycles. The molecule has 2 N–H and O–H groups in total. The molecule has 62 valence electrons. The summed E-state index contributed by atoms with van der Waals surface area (Å²) in [4.78, 5) is 8.11. The van der Waals surface area contributed by atoms with E-state index in [1.807, 2.05) is 0 Å². The highest BCUT2D eigenvalue weighted by atomic mass is 17.7. The molecule has 0 bridgehead atoms. The first-order valence-electron chi connectivity index (χ1n) is 2.45. The second kappa shape index (κ2) is 6.83. The van der Waals surface area contributed by atoms with Gasteiger partial charge in [-0.1, -0.05) is 12.0 Å². The predicted molar refractivity (Wildman–Crippen MR) is 24.8 cm³/mol. The van der Waals surface area contributed by atoms with Gasteiger partial charge in [0, 0.05) is 6.42 Å². The zero-order valence-corrected chi connectivity index (χ0v) is 5.22. The largest absolute Gasteiger partial charge is 0.230 e. The van der Waals surface area contributed by atoms with Crippen molar-refractivity contribution in [1.29, 1.82) is 0 Å². The Bertz CT molecular complexity index is 65.9. The van der Waals surface area contributed by atoms with Crippen LogP contribution in [-0.4, -0.2) is 16.8 Å². The van der Waals surface area contributed by atoms with E-state index in [1.54, 1.807) is 6.92 Å². The summed E-state index contributed by atoms with van der Waals surface area (Å²) in [6.07, 6.45) is -0.624. The van der Waals surface area contributed by atoms with Gasteiger partial charge >= 0.3 is 0 Å². The van der Waals surface area contributed by atoms with E-state index in [-0.39, 0.29) is 0 Å². The second-order valence-electron chi connectivity index (χ2n) is 1.25. The Balaban J connectivity index is 3.21. The fourth-order valence-electron chi connectivity index (χ4n) is 0.262. The van der Waals surface area contributed by atoms with E-state index >= 15 is 0 Å². The van der Waals surface area contributed by atoms with Gasteiger partial charge in [0.25, 0.3) is 0 Å². The first-order chi connectivity index (χ1) is 4.85. The Morgan fingerprint density at radius 2 is 1.90 bits per heavy atom. The van der Waals surface area contributed by atoms with Crippen LogP contribution in [0, 0.1) is 0 Å². The van der Waals surface area contributed by atoms with Crippen LogP contribution < -0.4 is 0 Å². The molecule has 0 aromatic rings. The predicted octanol–water partition coefficient (Wildman–Crippen LogP) is 0.496. The van der Waals surface area contributed by atoms with Crippen LogP contribution >= 0.6 is 0 Å². The van der Waals surface area contributed by atoms with Crippen LogP contribution in [0.2, 0.25) is 0 Å². The van der Waals surface area contributed by atoms with Gasteiger partial charge in [0.2, 0.25) is 6.29 Å². The summed E-state index contributed by atoms with van der Waals surface area (Å²) in [5.74, 6) is 0. The average molecular weight is 156 g/mol. The Kier molecular flexibility index (Phi) is 6.64. The summed E-state index contributed by atoms with van der Waals surface area (Å²) in [5, 5.41) is 25.2. The maximum Gasteiger partial charge on any atom is 0.230 e. The zero-order valence-electron chi connectivity index (χ0n) is 5.22. The lowest BCUT2D eigenvalue weighted by Gasteiger charge is -2.07. The molecule has 10 heavy (non-hydrogen) atoms. The van der Waals surface area contributed by atoms with Crippen LogP contribution in [0.1, 0.15) is 13.3 Å². The van der Waals surface area contributed by atoms with E-state index in [4.69, 9.17) is 10.5 Å². The third-order valence-electron chi connectivity index (χ3n) is 0.661. The summed E-state index contributed by atoms with van der Waals surface area (Å²) >= 11 is 0. The van der Waals surface area contributed by atoms with Gasteiger partial charge in [-0.2, -0.15) is 9.78 Å². The van der Waals surface area contributed by atoms with Crippen LogP contribution in [0.25, 0.3) is 0 Å². The van der Waals surface area contributed by atoms with Crippen LogP contribution in [0.3, 0.4) is 0 Å². The minimum absolute atomic E-state index is 0.337. The Hall–Kier alpha value is -0.280.